The number of fused-ring (bicyclic) bond motifs is 7. The van der Waals surface area contributed by atoms with Crippen LogP contribution in [-0.4, -0.2) is 9.55 Å². The van der Waals surface area contributed by atoms with Gasteiger partial charge in [-0.1, -0.05) is 109 Å². The molecule has 8 aromatic carbocycles. The Morgan fingerprint density at radius 2 is 1.11 bits per heavy atom. The van der Waals surface area contributed by atoms with E-state index < -0.39 is 0 Å². The fourth-order valence-corrected chi connectivity index (χ4v) is 7.95. The lowest BCUT2D eigenvalue weighted by Crippen LogP contribution is -2.10. The van der Waals surface area contributed by atoms with Crippen molar-refractivity contribution < 1.29 is 8.83 Å². The summed E-state index contributed by atoms with van der Waals surface area (Å²) in [6.07, 6.45) is 0. The van der Waals surface area contributed by atoms with E-state index in [1.54, 1.807) is 0 Å². The van der Waals surface area contributed by atoms with Gasteiger partial charge in [-0.3, -0.25) is 0 Å². The summed E-state index contributed by atoms with van der Waals surface area (Å²) in [4.78, 5) is 7.19. The number of benzene rings is 8. The molecular weight excluding hydrogens is 663 g/mol. The van der Waals surface area contributed by atoms with Gasteiger partial charge < -0.3 is 18.3 Å². The minimum atomic E-state index is 0.587. The minimum Gasteiger partial charge on any atom is -0.456 e. The predicted octanol–water partition coefficient (Wildman–Crippen LogP) is 13.6. The number of anilines is 3. The number of furan rings is 1. The normalized spacial score (nSPS) is 11.7. The Morgan fingerprint density at radius 3 is 1.94 bits per heavy atom. The van der Waals surface area contributed by atoms with Gasteiger partial charge in [0.1, 0.15) is 16.7 Å². The first-order chi connectivity index (χ1) is 26.8. The van der Waals surface area contributed by atoms with Crippen LogP contribution in [0.4, 0.5) is 17.1 Å². The number of nitrogens with zero attached hydrogens (tertiary/aromatic N) is 3. The van der Waals surface area contributed by atoms with Gasteiger partial charge in [0.25, 0.3) is 0 Å². The summed E-state index contributed by atoms with van der Waals surface area (Å²) >= 11 is 0. The Labute approximate surface area is 310 Å². The number of aromatic nitrogens is 2. The zero-order valence-corrected chi connectivity index (χ0v) is 29.1. The maximum absolute atomic E-state index is 6.61. The SMILES string of the molecule is c1ccc(-c2cccc(N(c3ccc4c5ccccc5n(-c5ccccc5)c4c3)c3cccc4oc5cc6nc(-c7ccccc7)oc6cc5c34)c2)cc1. The van der Waals surface area contributed by atoms with Gasteiger partial charge in [0.05, 0.1) is 22.1 Å². The molecule has 0 fully saturated rings. The third kappa shape index (κ3) is 4.83. The smallest absolute Gasteiger partial charge is 0.227 e. The number of oxazole rings is 1. The molecule has 0 aliphatic heterocycles. The molecule has 0 saturated carbocycles. The molecule has 3 heterocycles. The van der Waals surface area contributed by atoms with Gasteiger partial charge >= 0.3 is 0 Å². The second-order valence-electron chi connectivity index (χ2n) is 13.6. The van der Waals surface area contributed by atoms with Crippen LogP contribution in [0.3, 0.4) is 0 Å². The van der Waals surface area contributed by atoms with Crippen molar-refractivity contribution in [3.05, 3.63) is 188 Å². The van der Waals surface area contributed by atoms with E-state index >= 15 is 0 Å². The molecule has 11 aromatic rings. The molecule has 3 aromatic heterocycles. The molecular formula is C49H31N3O2. The van der Waals surface area contributed by atoms with Crippen LogP contribution >= 0.6 is 0 Å². The molecule has 0 bridgehead atoms. The van der Waals surface area contributed by atoms with Crippen LogP contribution in [0.1, 0.15) is 0 Å². The van der Waals surface area contributed by atoms with Crippen LogP contribution < -0.4 is 4.90 Å². The molecule has 0 amide bonds. The lowest BCUT2D eigenvalue weighted by atomic mass is 10.0. The molecule has 0 saturated heterocycles. The average Bonchev–Trinajstić information content (AvgIpc) is 3.92. The van der Waals surface area contributed by atoms with Gasteiger partial charge in [0.2, 0.25) is 5.89 Å². The first kappa shape index (κ1) is 30.3. The molecule has 0 spiro atoms. The van der Waals surface area contributed by atoms with Gasteiger partial charge in [-0.15, -0.1) is 0 Å². The largest absolute Gasteiger partial charge is 0.456 e. The number of rotatable bonds is 6. The van der Waals surface area contributed by atoms with Crippen molar-refractivity contribution in [1.82, 2.24) is 9.55 Å². The van der Waals surface area contributed by atoms with Gasteiger partial charge in [-0.25, -0.2) is 4.98 Å². The van der Waals surface area contributed by atoms with E-state index in [0.717, 1.165) is 72.4 Å². The van der Waals surface area contributed by atoms with Crippen molar-refractivity contribution >= 4 is 71.9 Å². The zero-order valence-electron chi connectivity index (χ0n) is 29.1. The topological polar surface area (TPSA) is 47.3 Å². The fraction of sp³-hybridized carbons (Fsp3) is 0. The van der Waals surface area contributed by atoms with Gasteiger partial charge in [0.15, 0.2) is 5.58 Å². The first-order valence-corrected chi connectivity index (χ1v) is 18.1. The molecule has 0 N–H and O–H groups in total. The van der Waals surface area contributed by atoms with E-state index in [1.807, 2.05) is 42.5 Å². The highest BCUT2D eigenvalue weighted by atomic mass is 16.4. The lowest BCUT2D eigenvalue weighted by Gasteiger charge is -2.27. The maximum atomic E-state index is 6.61. The Balaban J connectivity index is 1.18. The summed E-state index contributed by atoms with van der Waals surface area (Å²) in [5.41, 5.74) is 12.7. The minimum absolute atomic E-state index is 0.587. The highest BCUT2D eigenvalue weighted by molar-refractivity contribution is 6.16. The second-order valence-corrected chi connectivity index (χ2v) is 13.6. The van der Waals surface area contributed by atoms with Crippen molar-refractivity contribution in [3.63, 3.8) is 0 Å². The van der Waals surface area contributed by atoms with E-state index in [0.29, 0.717) is 11.5 Å². The summed E-state index contributed by atoms with van der Waals surface area (Å²) in [5.74, 6) is 0.587. The Morgan fingerprint density at radius 1 is 0.426 bits per heavy atom. The fourth-order valence-electron chi connectivity index (χ4n) is 7.95. The molecule has 11 rings (SSSR count). The Hall–Kier alpha value is -7.37. The van der Waals surface area contributed by atoms with E-state index in [-0.39, 0.29) is 0 Å². The van der Waals surface area contributed by atoms with Crippen molar-refractivity contribution in [2.45, 2.75) is 0 Å². The molecule has 5 heteroatoms. The number of para-hydroxylation sites is 2. The molecule has 0 unspecified atom stereocenters. The summed E-state index contributed by atoms with van der Waals surface area (Å²) in [6, 6.07) is 65.8. The van der Waals surface area contributed by atoms with E-state index in [2.05, 4.69) is 155 Å². The highest BCUT2D eigenvalue weighted by Gasteiger charge is 2.23. The monoisotopic (exact) mass is 693 g/mol. The van der Waals surface area contributed by atoms with E-state index in [1.165, 1.54) is 16.3 Å². The van der Waals surface area contributed by atoms with Crippen molar-refractivity contribution in [2.75, 3.05) is 4.90 Å². The van der Waals surface area contributed by atoms with Crippen molar-refractivity contribution in [1.29, 1.82) is 0 Å². The van der Waals surface area contributed by atoms with Gasteiger partial charge in [-0.05, 0) is 83.9 Å². The molecule has 54 heavy (non-hydrogen) atoms. The molecule has 0 aliphatic carbocycles. The van der Waals surface area contributed by atoms with Crippen LogP contribution in [0.2, 0.25) is 0 Å². The lowest BCUT2D eigenvalue weighted by molar-refractivity contribution is 0.620. The molecule has 0 atom stereocenters. The summed E-state index contributed by atoms with van der Waals surface area (Å²) in [7, 11) is 0. The standard InChI is InChI=1S/C49H31N3O2/c1-4-14-32(15-5-1)34-18-12-21-36(28-34)51(37-26-27-39-38-22-10-11-23-42(38)52(44(39)29-37)35-19-8-3-9-20-35)43-24-13-25-45-48(43)40-30-47-41(31-46(40)53-45)50-49(54-47)33-16-6-2-7-17-33/h1-31H. The third-order valence-electron chi connectivity index (χ3n) is 10.4. The van der Waals surface area contributed by atoms with Gasteiger partial charge in [0, 0.05) is 44.9 Å². The summed E-state index contributed by atoms with van der Waals surface area (Å²) in [6.45, 7) is 0. The molecule has 5 nitrogen and oxygen atoms in total. The van der Waals surface area contributed by atoms with Gasteiger partial charge in [-0.2, -0.15) is 0 Å². The van der Waals surface area contributed by atoms with E-state index in [4.69, 9.17) is 13.8 Å². The van der Waals surface area contributed by atoms with Crippen LogP contribution in [0, 0.1) is 0 Å². The Kier molecular flexibility index (Phi) is 6.79. The molecule has 0 aliphatic rings. The van der Waals surface area contributed by atoms with Crippen LogP contribution in [0.5, 0.6) is 0 Å². The summed E-state index contributed by atoms with van der Waals surface area (Å²) < 4.78 is 15.4. The third-order valence-corrected chi connectivity index (χ3v) is 10.4. The van der Waals surface area contributed by atoms with Crippen LogP contribution in [0.25, 0.3) is 83.1 Å². The molecule has 254 valence electrons. The predicted molar refractivity (Wildman–Crippen MR) is 221 cm³/mol. The number of hydrogen-bond acceptors (Lipinski definition) is 4. The van der Waals surface area contributed by atoms with Crippen molar-refractivity contribution in [3.8, 4) is 28.3 Å². The zero-order chi connectivity index (χ0) is 35.6. The number of hydrogen-bond donors (Lipinski definition) is 0. The Bertz CT molecular complexity index is 3160. The maximum Gasteiger partial charge on any atom is 0.227 e. The summed E-state index contributed by atoms with van der Waals surface area (Å²) in [5, 5.41) is 4.38. The van der Waals surface area contributed by atoms with Crippen molar-refractivity contribution in [2.24, 2.45) is 0 Å². The van der Waals surface area contributed by atoms with Crippen LogP contribution in [0.15, 0.2) is 197 Å². The van der Waals surface area contributed by atoms with E-state index in [9.17, 15) is 0 Å². The quantitative estimate of drug-likeness (QED) is 0.174. The molecule has 0 radical (unpaired) electrons. The average molecular weight is 694 g/mol. The highest BCUT2D eigenvalue weighted by Crippen LogP contribution is 2.46. The first-order valence-electron chi connectivity index (χ1n) is 18.1. The second kappa shape index (κ2) is 12.1. The van der Waals surface area contributed by atoms with Crippen LogP contribution in [-0.2, 0) is 0 Å².